The lowest BCUT2D eigenvalue weighted by Crippen LogP contribution is -2.34. The number of anilines is 2. The van der Waals surface area contributed by atoms with Crippen LogP contribution in [0.15, 0.2) is 6.07 Å². The van der Waals surface area contributed by atoms with Crippen molar-refractivity contribution in [2.24, 2.45) is 5.41 Å². The molecule has 3 N–H and O–H groups in total. The Balaban J connectivity index is 2.72. The molecule has 0 spiro atoms. The summed E-state index contributed by atoms with van der Waals surface area (Å²) in [5.41, 5.74) is 5.76. The fraction of sp³-hybridized carbons (Fsp3) is 0.583. The lowest BCUT2D eigenvalue weighted by Gasteiger charge is -2.28. The van der Waals surface area contributed by atoms with E-state index in [-0.39, 0.29) is 11.2 Å². The van der Waals surface area contributed by atoms with Gasteiger partial charge in [-0.3, -0.25) is 0 Å². The highest BCUT2D eigenvalue weighted by Crippen LogP contribution is 2.28. The van der Waals surface area contributed by atoms with Crippen LogP contribution in [0.5, 0.6) is 0 Å². The minimum absolute atomic E-state index is 0.100. The summed E-state index contributed by atoms with van der Waals surface area (Å²) >= 11 is 11.9. The monoisotopic (exact) mass is 290 g/mol. The number of aromatic nitrogens is 1. The van der Waals surface area contributed by atoms with Crippen molar-refractivity contribution in [3.8, 4) is 0 Å². The summed E-state index contributed by atoms with van der Waals surface area (Å²) in [6.07, 6.45) is 0. The van der Waals surface area contributed by atoms with E-state index in [0.29, 0.717) is 15.9 Å². The summed E-state index contributed by atoms with van der Waals surface area (Å²) in [4.78, 5) is 6.29. The van der Waals surface area contributed by atoms with Gasteiger partial charge in [-0.2, -0.15) is 0 Å². The second-order valence-corrected chi connectivity index (χ2v) is 6.26. The molecule has 0 aliphatic carbocycles. The number of nitrogens with two attached hydrogens (primary N) is 1. The van der Waals surface area contributed by atoms with Gasteiger partial charge in [0.25, 0.3) is 0 Å². The molecule has 6 heteroatoms. The quantitative estimate of drug-likeness (QED) is 0.875. The SMILES string of the molecule is CN(C)CC(C)(C)CNc1nc(N)c(Cl)cc1Cl. The van der Waals surface area contributed by atoms with Crippen molar-refractivity contribution >= 4 is 34.8 Å². The minimum Gasteiger partial charge on any atom is -0.382 e. The molecular weight excluding hydrogens is 271 g/mol. The molecule has 0 fully saturated rings. The molecule has 0 saturated carbocycles. The fourth-order valence-electron chi connectivity index (χ4n) is 1.84. The minimum atomic E-state index is 0.100. The van der Waals surface area contributed by atoms with Crippen LogP contribution >= 0.6 is 23.2 Å². The van der Waals surface area contributed by atoms with Crippen LogP contribution in [0.3, 0.4) is 0 Å². The Morgan fingerprint density at radius 2 is 1.94 bits per heavy atom. The van der Waals surface area contributed by atoms with Crippen molar-refractivity contribution < 1.29 is 0 Å². The smallest absolute Gasteiger partial charge is 0.147 e. The maximum Gasteiger partial charge on any atom is 0.147 e. The van der Waals surface area contributed by atoms with Crippen molar-refractivity contribution in [3.05, 3.63) is 16.1 Å². The largest absolute Gasteiger partial charge is 0.382 e. The average Bonchev–Trinajstić information content (AvgIpc) is 2.19. The molecule has 1 aromatic heterocycles. The van der Waals surface area contributed by atoms with Crippen LogP contribution in [0.2, 0.25) is 10.0 Å². The van der Waals surface area contributed by atoms with Gasteiger partial charge in [0.1, 0.15) is 11.6 Å². The number of halogens is 2. The van der Waals surface area contributed by atoms with Crippen LogP contribution in [-0.2, 0) is 0 Å². The second-order valence-electron chi connectivity index (χ2n) is 5.44. The molecular formula is C12H20Cl2N4. The third kappa shape index (κ3) is 4.52. The molecule has 18 heavy (non-hydrogen) atoms. The van der Waals surface area contributed by atoms with E-state index >= 15 is 0 Å². The summed E-state index contributed by atoms with van der Waals surface area (Å²) in [6.45, 7) is 6.06. The van der Waals surface area contributed by atoms with Gasteiger partial charge < -0.3 is 16.0 Å². The van der Waals surface area contributed by atoms with E-state index in [9.17, 15) is 0 Å². The number of nitrogens with zero attached hydrogens (tertiary/aromatic N) is 2. The third-order valence-corrected chi connectivity index (χ3v) is 3.03. The van der Waals surface area contributed by atoms with Gasteiger partial charge in [0.2, 0.25) is 0 Å². The topological polar surface area (TPSA) is 54.2 Å². The molecule has 0 aromatic carbocycles. The normalized spacial score (nSPS) is 11.9. The van der Waals surface area contributed by atoms with Gasteiger partial charge in [0.05, 0.1) is 10.0 Å². The van der Waals surface area contributed by atoms with Gasteiger partial charge in [-0.15, -0.1) is 0 Å². The molecule has 0 aliphatic rings. The van der Waals surface area contributed by atoms with Gasteiger partial charge in [0.15, 0.2) is 0 Å². The van der Waals surface area contributed by atoms with Crippen molar-refractivity contribution in [3.63, 3.8) is 0 Å². The second kappa shape index (κ2) is 5.95. The standard InChI is InChI=1S/C12H20Cl2N4/c1-12(2,7-18(3)4)6-16-11-9(14)5-8(13)10(15)17-11/h5H,6-7H2,1-4H3,(H3,15,16,17). The van der Waals surface area contributed by atoms with Crippen molar-refractivity contribution in [1.82, 2.24) is 9.88 Å². The summed E-state index contributed by atoms with van der Waals surface area (Å²) < 4.78 is 0. The van der Waals surface area contributed by atoms with E-state index in [1.807, 2.05) is 14.1 Å². The Morgan fingerprint density at radius 1 is 1.33 bits per heavy atom. The molecule has 4 nitrogen and oxygen atoms in total. The number of rotatable bonds is 5. The highest BCUT2D eigenvalue weighted by atomic mass is 35.5. The van der Waals surface area contributed by atoms with Gasteiger partial charge in [-0.25, -0.2) is 4.98 Å². The Labute approximate surface area is 118 Å². The van der Waals surface area contributed by atoms with Crippen molar-refractivity contribution in [2.45, 2.75) is 13.8 Å². The zero-order valence-electron chi connectivity index (χ0n) is 11.2. The summed E-state index contributed by atoms with van der Waals surface area (Å²) in [5.74, 6) is 0.861. The van der Waals surface area contributed by atoms with Crippen LogP contribution < -0.4 is 11.1 Å². The average molecular weight is 291 g/mol. The Morgan fingerprint density at radius 3 is 2.50 bits per heavy atom. The molecule has 0 aliphatic heterocycles. The van der Waals surface area contributed by atoms with Gasteiger partial charge in [-0.1, -0.05) is 37.0 Å². The van der Waals surface area contributed by atoms with Crippen molar-refractivity contribution in [1.29, 1.82) is 0 Å². The molecule has 0 amide bonds. The molecule has 0 radical (unpaired) electrons. The highest BCUT2D eigenvalue weighted by Gasteiger charge is 2.19. The van der Waals surface area contributed by atoms with Gasteiger partial charge >= 0.3 is 0 Å². The first-order valence-corrected chi connectivity index (χ1v) is 6.47. The number of hydrogen-bond acceptors (Lipinski definition) is 4. The first-order valence-electron chi connectivity index (χ1n) is 5.71. The summed E-state index contributed by atoms with van der Waals surface area (Å²) in [7, 11) is 4.10. The van der Waals surface area contributed by atoms with Crippen LogP contribution in [0.25, 0.3) is 0 Å². The van der Waals surface area contributed by atoms with E-state index in [0.717, 1.165) is 13.1 Å². The number of pyridine rings is 1. The van der Waals surface area contributed by atoms with Crippen LogP contribution in [0.4, 0.5) is 11.6 Å². The molecule has 0 unspecified atom stereocenters. The van der Waals surface area contributed by atoms with Gasteiger partial charge in [-0.05, 0) is 25.6 Å². The molecule has 0 bridgehead atoms. The predicted molar refractivity (Wildman–Crippen MR) is 79.5 cm³/mol. The lowest BCUT2D eigenvalue weighted by atomic mass is 9.93. The lowest BCUT2D eigenvalue weighted by molar-refractivity contribution is 0.254. The zero-order valence-corrected chi connectivity index (χ0v) is 12.7. The molecule has 0 atom stereocenters. The predicted octanol–water partition coefficient (Wildman–Crippen LogP) is 2.97. The molecule has 102 valence electrons. The van der Waals surface area contributed by atoms with Crippen LogP contribution in [0.1, 0.15) is 13.8 Å². The summed E-state index contributed by atoms with van der Waals surface area (Å²) in [5, 5.41) is 4.07. The molecule has 1 heterocycles. The van der Waals surface area contributed by atoms with E-state index in [2.05, 4.69) is 29.0 Å². The number of nitrogens with one attached hydrogen (secondary N) is 1. The number of nitrogen functional groups attached to an aromatic ring is 1. The fourth-order valence-corrected chi connectivity index (χ4v) is 2.27. The first-order chi connectivity index (χ1) is 8.21. The highest BCUT2D eigenvalue weighted by molar-refractivity contribution is 6.37. The van der Waals surface area contributed by atoms with Gasteiger partial charge in [0, 0.05) is 13.1 Å². The zero-order chi connectivity index (χ0) is 13.9. The van der Waals surface area contributed by atoms with Crippen LogP contribution in [0, 0.1) is 5.41 Å². The Kier molecular flexibility index (Phi) is 5.08. The molecule has 0 saturated heterocycles. The molecule has 1 aromatic rings. The van der Waals surface area contributed by atoms with E-state index < -0.39 is 0 Å². The van der Waals surface area contributed by atoms with E-state index in [1.54, 1.807) is 6.07 Å². The molecule has 1 rings (SSSR count). The third-order valence-electron chi connectivity index (χ3n) is 2.44. The maximum absolute atomic E-state index is 6.06. The van der Waals surface area contributed by atoms with Crippen molar-refractivity contribution in [2.75, 3.05) is 38.2 Å². The van der Waals surface area contributed by atoms with Crippen LogP contribution in [-0.4, -0.2) is 37.1 Å². The summed E-state index contributed by atoms with van der Waals surface area (Å²) in [6, 6.07) is 1.60. The van der Waals surface area contributed by atoms with E-state index in [4.69, 9.17) is 28.9 Å². The number of hydrogen-bond donors (Lipinski definition) is 2. The Bertz CT molecular complexity index is 419. The van der Waals surface area contributed by atoms with E-state index in [1.165, 1.54) is 0 Å². The Hall–Kier alpha value is -0.710. The first kappa shape index (κ1) is 15.3. The maximum atomic E-state index is 6.06.